The fourth-order valence-corrected chi connectivity index (χ4v) is 7.67. The molecule has 3 N–H and O–H groups in total. The number of amides is 1. The van der Waals surface area contributed by atoms with Crippen molar-refractivity contribution in [2.75, 3.05) is 40.9 Å². The molecular weight excluding hydrogens is 683 g/mol. The molecule has 3 unspecified atom stereocenters. The summed E-state index contributed by atoms with van der Waals surface area (Å²) in [5.74, 6) is -0.143. The van der Waals surface area contributed by atoms with E-state index in [1.807, 2.05) is 21.1 Å². The number of carbonyl (C=O) groups is 1. The van der Waals surface area contributed by atoms with E-state index in [0.717, 1.165) is 38.5 Å². The summed E-state index contributed by atoms with van der Waals surface area (Å²) in [7, 11) is 1.63. The Balaban J connectivity index is 4.07. The molecular formula is C44H92N2O6P+. The van der Waals surface area contributed by atoms with Crippen molar-refractivity contribution in [3.05, 3.63) is 0 Å². The first-order valence-electron chi connectivity index (χ1n) is 22.9. The highest BCUT2D eigenvalue weighted by Crippen LogP contribution is 2.43. The van der Waals surface area contributed by atoms with Crippen LogP contribution in [0.1, 0.15) is 226 Å². The molecule has 0 bridgehead atoms. The molecule has 0 saturated carbocycles. The highest BCUT2D eigenvalue weighted by molar-refractivity contribution is 7.47. The lowest BCUT2D eigenvalue weighted by molar-refractivity contribution is -0.870. The zero-order valence-electron chi connectivity index (χ0n) is 36.0. The minimum atomic E-state index is -4.30. The third-order valence-corrected chi connectivity index (χ3v) is 11.6. The van der Waals surface area contributed by atoms with Crippen molar-refractivity contribution in [1.29, 1.82) is 0 Å². The molecule has 53 heavy (non-hydrogen) atoms. The van der Waals surface area contributed by atoms with Crippen LogP contribution >= 0.6 is 7.82 Å². The van der Waals surface area contributed by atoms with Crippen molar-refractivity contribution in [1.82, 2.24) is 5.32 Å². The highest BCUT2D eigenvalue weighted by atomic mass is 31.2. The van der Waals surface area contributed by atoms with Crippen LogP contribution in [0, 0.1) is 0 Å². The van der Waals surface area contributed by atoms with Crippen LogP contribution in [0.3, 0.4) is 0 Å². The van der Waals surface area contributed by atoms with Crippen LogP contribution in [0.15, 0.2) is 0 Å². The molecule has 3 atom stereocenters. The molecule has 0 radical (unpaired) electrons. The number of rotatable bonds is 42. The Hall–Kier alpha value is -0.500. The monoisotopic (exact) mass is 776 g/mol. The van der Waals surface area contributed by atoms with Crippen LogP contribution in [-0.2, 0) is 18.4 Å². The molecule has 0 aliphatic heterocycles. The first-order chi connectivity index (χ1) is 25.5. The van der Waals surface area contributed by atoms with E-state index in [1.165, 1.54) is 161 Å². The van der Waals surface area contributed by atoms with Gasteiger partial charge in [-0.15, -0.1) is 0 Å². The molecule has 0 aliphatic rings. The smallest absolute Gasteiger partial charge is 0.391 e. The van der Waals surface area contributed by atoms with Crippen molar-refractivity contribution in [2.24, 2.45) is 0 Å². The molecule has 1 amide bonds. The Morgan fingerprint density at radius 1 is 0.566 bits per heavy atom. The number of phosphoric acid groups is 1. The first-order valence-corrected chi connectivity index (χ1v) is 24.4. The Morgan fingerprint density at radius 3 is 1.26 bits per heavy atom. The number of nitrogens with one attached hydrogen (secondary N) is 1. The number of hydrogen-bond acceptors (Lipinski definition) is 5. The second kappa shape index (κ2) is 37.1. The summed E-state index contributed by atoms with van der Waals surface area (Å²) in [5, 5.41) is 13.9. The molecule has 0 aliphatic carbocycles. The number of nitrogens with zero attached hydrogens (tertiary/aromatic N) is 1. The van der Waals surface area contributed by atoms with E-state index in [9.17, 15) is 19.4 Å². The predicted octanol–water partition coefficient (Wildman–Crippen LogP) is 12.6. The van der Waals surface area contributed by atoms with E-state index in [-0.39, 0.29) is 19.1 Å². The van der Waals surface area contributed by atoms with Gasteiger partial charge in [-0.3, -0.25) is 13.8 Å². The van der Waals surface area contributed by atoms with Gasteiger partial charge in [-0.2, -0.15) is 0 Å². The van der Waals surface area contributed by atoms with Crippen LogP contribution < -0.4 is 5.32 Å². The Bertz CT molecular complexity index is 839. The minimum absolute atomic E-state index is 0.0780. The molecule has 0 aromatic rings. The van der Waals surface area contributed by atoms with Crippen molar-refractivity contribution in [3.8, 4) is 0 Å². The average molecular weight is 776 g/mol. The zero-order valence-corrected chi connectivity index (χ0v) is 36.9. The van der Waals surface area contributed by atoms with E-state index < -0.39 is 20.0 Å². The lowest BCUT2D eigenvalue weighted by Crippen LogP contribution is -2.46. The molecule has 8 nitrogen and oxygen atoms in total. The van der Waals surface area contributed by atoms with Crippen molar-refractivity contribution >= 4 is 13.7 Å². The van der Waals surface area contributed by atoms with Gasteiger partial charge in [-0.25, -0.2) is 4.57 Å². The number of carbonyl (C=O) groups excluding carboxylic acids is 1. The van der Waals surface area contributed by atoms with E-state index in [0.29, 0.717) is 23.9 Å². The van der Waals surface area contributed by atoms with Crippen molar-refractivity contribution < 1.29 is 32.9 Å². The van der Waals surface area contributed by atoms with Gasteiger partial charge in [-0.05, 0) is 12.8 Å². The van der Waals surface area contributed by atoms with Gasteiger partial charge in [0.15, 0.2) is 0 Å². The molecule has 318 valence electrons. The average Bonchev–Trinajstić information content (AvgIpc) is 3.10. The van der Waals surface area contributed by atoms with Gasteiger partial charge in [0.1, 0.15) is 13.2 Å². The first kappa shape index (κ1) is 52.5. The number of aliphatic hydroxyl groups is 1. The molecule has 0 aromatic carbocycles. The van der Waals surface area contributed by atoms with Gasteiger partial charge in [0.25, 0.3) is 0 Å². The van der Waals surface area contributed by atoms with E-state index >= 15 is 0 Å². The van der Waals surface area contributed by atoms with Gasteiger partial charge in [0.2, 0.25) is 5.91 Å². The quantitative estimate of drug-likeness (QED) is 0.0324. The van der Waals surface area contributed by atoms with Crippen molar-refractivity contribution in [3.63, 3.8) is 0 Å². The van der Waals surface area contributed by atoms with Gasteiger partial charge >= 0.3 is 7.82 Å². The number of likely N-dealkylation sites (N-methyl/N-ethyl adjacent to an activating group) is 1. The van der Waals surface area contributed by atoms with Crippen molar-refractivity contribution in [2.45, 2.75) is 238 Å². The van der Waals surface area contributed by atoms with E-state index in [2.05, 4.69) is 19.2 Å². The fourth-order valence-electron chi connectivity index (χ4n) is 6.93. The van der Waals surface area contributed by atoms with Gasteiger partial charge in [0.05, 0.1) is 39.9 Å². The minimum Gasteiger partial charge on any atom is -0.391 e. The van der Waals surface area contributed by atoms with Crippen LogP contribution in [0.4, 0.5) is 0 Å². The van der Waals surface area contributed by atoms with E-state index in [1.54, 1.807) is 0 Å². The number of hydrogen-bond donors (Lipinski definition) is 3. The fraction of sp³-hybridized carbons (Fsp3) is 0.977. The van der Waals surface area contributed by atoms with Gasteiger partial charge in [-0.1, -0.05) is 206 Å². The van der Waals surface area contributed by atoms with Gasteiger partial charge < -0.3 is 19.8 Å². The largest absolute Gasteiger partial charge is 0.472 e. The maximum absolute atomic E-state index is 12.8. The number of unbranched alkanes of at least 4 members (excludes halogenated alkanes) is 29. The SMILES string of the molecule is CCCCCCCCCCCCCCCCCCCCCCCCCC(=O)NC(COP(=O)(O)OCC[N+](C)(C)C)C(O)CCCCCCCCCC. The summed E-state index contributed by atoms with van der Waals surface area (Å²) in [6.45, 7) is 4.87. The summed E-state index contributed by atoms with van der Waals surface area (Å²) in [5.41, 5.74) is 0. The van der Waals surface area contributed by atoms with Gasteiger partial charge in [0, 0.05) is 6.42 Å². The molecule has 0 fully saturated rings. The Kier molecular flexibility index (Phi) is 36.7. The Labute approximate surface area is 329 Å². The molecule has 0 heterocycles. The van der Waals surface area contributed by atoms with Crippen LogP contribution in [0.5, 0.6) is 0 Å². The van der Waals surface area contributed by atoms with Crippen LogP contribution in [0.25, 0.3) is 0 Å². The predicted molar refractivity (Wildman–Crippen MR) is 226 cm³/mol. The molecule has 0 spiro atoms. The maximum atomic E-state index is 12.8. The molecule has 0 saturated heterocycles. The third kappa shape index (κ3) is 39.5. The second-order valence-electron chi connectivity index (χ2n) is 17.1. The van der Waals surface area contributed by atoms with Crippen LogP contribution in [0.2, 0.25) is 0 Å². The molecule has 0 aromatic heterocycles. The summed E-state index contributed by atoms with van der Waals surface area (Å²) in [6.07, 6.45) is 40.1. The summed E-state index contributed by atoms with van der Waals surface area (Å²) in [6, 6.07) is -0.751. The lowest BCUT2D eigenvalue weighted by Gasteiger charge is -2.26. The number of phosphoric ester groups is 1. The summed E-state index contributed by atoms with van der Waals surface area (Å²) < 4.78 is 23.5. The number of aliphatic hydroxyl groups excluding tert-OH is 1. The third-order valence-electron chi connectivity index (χ3n) is 10.6. The normalized spacial score (nSPS) is 14.3. The van der Waals surface area contributed by atoms with Crippen LogP contribution in [-0.4, -0.2) is 73.4 Å². The lowest BCUT2D eigenvalue weighted by atomic mass is 10.0. The topological polar surface area (TPSA) is 105 Å². The molecule has 0 rings (SSSR count). The van der Waals surface area contributed by atoms with E-state index in [4.69, 9.17) is 9.05 Å². The number of quaternary nitrogens is 1. The summed E-state index contributed by atoms with van der Waals surface area (Å²) in [4.78, 5) is 23.1. The Morgan fingerprint density at radius 2 is 0.906 bits per heavy atom. The second-order valence-corrected chi connectivity index (χ2v) is 18.6. The maximum Gasteiger partial charge on any atom is 0.472 e. The summed E-state index contributed by atoms with van der Waals surface area (Å²) >= 11 is 0. The zero-order chi connectivity index (χ0) is 39.3. The highest BCUT2D eigenvalue weighted by Gasteiger charge is 2.28. The molecule has 9 heteroatoms. The standard InChI is InChI=1S/C44H91N2O6P/c1-6-8-10-12-14-16-17-18-19-20-21-22-23-24-25-26-27-28-29-30-32-34-36-38-44(48)45-42(41-52-53(49,50)51-40-39-46(3,4)5)43(47)37-35-33-31-15-13-11-9-7-2/h42-43,47H,6-41H2,1-5H3,(H-,45,48,49,50)/p+1.